The van der Waals surface area contributed by atoms with E-state index < -0.39 is 18.0 Å². The lowest BCUT2D eigenvalue weighted by atomic mass is 10.0. The van der Waals surface area contributed by atoms with E-state index in [0.29, 0.717) is 11.3 Å². The minimum atomic E-state index is -0.916. The van der Waals surface area contributed by atoms with E-state index in [1.165, 1.54) is 25.3 Å². The fraction of sp³-hybridized carbons (Fsp3) is 0.400. The number of benzene rings is 1. The van der Waals surface area contributed by atoms with E-state index in [1.807, 2.05) is 0 Å². The predicted octanol–water partition coefficient (Wildman–Crippen LogP) is 1.21. The first kappa shape index (κ1) is 10.9. The lowest BCUT2D eigenvalue weighted by Crippen LogP contribution is -2.24. The van der Waals surface area contributed by atoms with E-state index >= 15 is 0 Å². The zero-order chi connectivity index (χ0) is 10.7. The van der Waals surface area contributed by atoms with Gasteiger partial charge in [0.25, 0.3) is 0 Å². The van der Waals surface area contributed by atoms with Gasteiger partial charge < -0.3 is 15.6 Å². The van der Waals surface area contributed by atoms with Gasteiger partial charge in [-0.05, 0) is 25.1 Å². The highest BCUT2D eigenvalue weighted by Crippen LogP contribution is 2.27. The highest BCUT2D eigenvalue weighted by molar-refractivity contribution is 5.36. The summed E-state index contributed by atoms with van der Waals surface area (Å²) in [7, 11) is 1.46. The molecular formula is C10H14FNO2. The summed E-state index contributed by atoms with van der Waals surface area (Å²) in [4.78, 5) is 0. The SMILES string of the molecule is COc1ccc(F)cc1C(O)C(C)N. The maximum atomic E-state index is 12.9. The summed E-state index contributed by atoms with van der Waals surface area (Å²) in [5.74, 6) is 0.0247. The van der Waals surface area contributed by atoms with Gasteiger partial charge in [-0.3, -0.25) is 0 Å². The van der Waals surface area contributed by atoms with Gasteiger partial charge in [-0.25, -0.2) is 4.39 Å². The first-order valence-electron chi connectivity index (χ1n) is 4.33. The van der Waals surface area contributed by atoms with Gasteiger partial charge in [0.15, 0.2) is 0 Å². The molecule has 0 radical (unpaired) electrons. The first-order chi connectivity index (χ1) is 6.56. The largest absolute Gasteiger partial charge is 0.496 e. The summed E-state index contributed by atoms with van der Waals surface area (Å²) in [5, 5.41) is 9.66. The van der Waals surface area contributed by atoms with Crippen molar-refractivity contribution >= 4 is 0 Å². The Balaban J connectivity index is 3.10. The van der Waals surface area contributed by atoms with Crippen LogP contribution in [-0.4, -0.2) is 18.3 Å². The molecule has 3 nitrogen and oxygen atoms in total. The number of ether oxygens (including phenoxy) is 1. The predicted molar refractivity (Wildman–Crippen MR) is 51.6 cm³/mol. The molecule has 0 amide bonds. The number of methoxy groups -OCH3 is 1. The topological polar surface area (TPSA) is 55.5 Å². The quantitative estimate of drug-likeness (QED) is 0.769. The van der Waals surface area contributed by atoms with Crippen molar-refractivity contribution in [2.24, 2.45) is 5.73 Å². The Morgan fingerprint density at radius 1 is 1.50 bits per heavy atom. The average molecular weight is 199 g/mol. The number of halogens is 1. The van der Waals surface area contributed by atoms with Crippen LogP contribution in [0.25, 0.3) is 0 Å². The van der Waals surface area contributed by atoms with E-state index in [-0.39, 0.29) is 0 Å². The van der Waals surface area contributed by atoms with E-state index in [1.54, 1.807) is 6.92 Å². The van der Waals surface area contributed by atoms with E-state index in [0.717, 1.165) is 0 Å². The molecular weight excluding hydrogens is 185 g/mol. The molecule has 78 valence electrons. The molecule has 0 aliphatic heterocycles. The summed E-state index contributed by atoms with van der Waals surface area (Å²) >= 11 is 0. The maximum Gasteiger partial charge on any atom is 0.124 e. The number of hydrogen-bond donors (Lipinski definition) is 2. The van der Waals surface area contributed by atoms with Gasteiger partial charge in [0.05, 0.1) is 13.2 Å². The van der Waals surface area contributed by atoms with Crippen LogP contribution in [0.3, 0.4) is 0 Å². The first-order valence-corrected chi connectivity index (χ1v) is 4.33. The molecule has 1 rings (SSSR count). The lowest BCUT2D eigenvalue weighted by Gasteiger charge is -2.17. The number of hydrogen-bond acceptors (Lipinski definition) is 3. The fourth-order valence-electron chi connectivity index (χ4n) is 1.22. The lowest BCUT2D eigenvalue weighted by molar-refractivity contribution is 0.149. The molecule has 0 fully saturated rings. The Bertz CT molecular complexity index is 315. The van der Waals surface area contributed by atoms with Gasteiger partial charge in [0.2, 0.25) is 0 Å². The minimum absolute atomic E-state index is 0.377. The van der Waals surface area contributed by atoms with Crippen LogP contribution in [0.1, 0.15) is 18.6 Å². The van der Waals surface area contributed by atoms with Crippen molar-refractivity contribution in [2.45, 2.75) is 19.1 Å². The van der Waals surface area contributed by atoms with E-state index in [2.05, 4.69) is 0 Å². The second kappa shape index (κ2) is 4.39. The molecule has 0 aliphatic rings. The summed E-state index contributed by atoms with van der Waals surface area (Å²) < 4.78 is 17.9. The van der Waals surface area contributed by atoms with E-state index in [9.17, 15) is 9.50 Å². The summed E-state index contributed by atoms with van der Waals surface area (Å²) in [5.41, 5.74) is 5.89. The zero-order valence-corrected chi connectivity index (χ0v) is 8.20. The van der Waals surface area contributed by atoms with Gasteiger partial charge in [-0.1, -0.05) is 0 Å². The van der Waals surface area contributed by atoms with Gasteiger partial charge in [-0.2, -0.15) is 0 Å². The third kappa shape index (κ3) is 2.21. The molecule has 1 aromatic carbocycles. The Labute approximate surface area is 82.3 Å². The van der Waals surface area contributed by atoms with Gasteiger partial charge in [0.1, 0.15) is 11.6 Å². The molecule has 0 spiro atoms. The summed E-state index contributed by atoms with van der Waals surface area (Å²) in [6.07, 6.45) is -0.916. The molecule has 3 N–H and O–H groups in total. The number of aliphatic hydroxyl groups is 1. The number of rotatable bonds is 3. The smallest absolute Gasteiger partial charge is 0.124 e. The standard InChI is InChI=1S/C10H14FNO2/c1-6(12)10(13)8-5-7(11)3-4-9(8)14-2/h3-6,10,13H,12H2,1-2H3. The monoisotopic (exact) mass is 199 g/mol. The van der Waals surface area contributed by atoms with Crippen LogP contribution in [0.2, 0.25) is 0 Å². The van der Waals surface area contributed by atoms with Gasteiger partial charge in [-0.15, -0.1) is 0 Å². The molecule has 2 unspecified atom stereocenters. The molecule has 1 aromatic rings. The second-order valence-corrected chi connectivity index (χ2v) is 3.19. The fourth-order valence-corrected chi connectivity index (χ4v) is 1.22. The molecule has 2 atom stereocenters. The zero-order valence-electron chi connectivity index (χ0n) is 8.20. The Morgan fingerprint density at radius 2 is 2.14 bits per heavy atom. The normalized spacial score (nSPS) is 14.9. The highest BCUT2D eigenvalue weighted by Gasteiger charge is 2.17. The molecule has 4 heteroatoms. The van der Waals surface area contributed by atoms with Crippen LogP contribution in [0, 0.1) is 5.82 Å². The number of nitrogens with two attached hydrogens (primary N) is 1. The van der Waals surface area contributed by atoms with Crippen molar-refractivity contribution in [1.82, 2.24) is 0 Å². The van der Waals surface area contributed by atoms with Gasteiger partial charge >= 0.3 is 0 Å². The Morgan fingerprint density at radius 3 is 2.64 bits per heavy atom. The Kier molecular flexibility index (Phi) is 3.43. The van der Waals surface area contributed by atoms with Crippen LogP contribution < -0.4 is 10.5 Å². The van der Waals surface area contributed by atoms with Crippen LogP contribution in [-0.2, 0) is 0 Å². The molecule has 0 bridgehead atoms. The summed E-state index contributed by atoms with van der Waals surface area (Å²) in [6, 6.07) is 3.50. The van der Waals surface area contributed by atoms with Crippen molar-refractivity contribution in [3.8, 4) is 5.75 Å². The van der Waals surface area contributed by atoms with Crippen molar-refractivity contribution < 1.29 is 14.2 Å². The molecule has 0 aliphatic carbocycles. The third-order valence-electron chi connectivity index (χ3n) is 2.01. The summed E-state index contributed by atoms with van der Waals surface area (Å²) in [6.45, 7) is 1.65. The molecule has 14 heavy (non-hydrogen) atoms. The van der Waals surface area contributed by atoms with Crippen LogP contribution in [0.5, 0.6) is 5.75 Å². The minimum Gasteiger partial charge on any atom is -0.496 e. The van der Waals surface area contributed by atoms with Crippen LogP contribution in [0.4, 0.5) is 4.39 Å². The van der Waals surface area contributed by atoms with Crippen molar-refractivity contribution in [1.29, 1.82) is 0 Å². The van der Waals surface area contributed by atoms with Crippen molar-refractivity contribution in [2.75, 3.05) is 7.11 Å². The number of aliphatic hydroxyl groups excluding tert-OH is 1. The average Bonchev–Trinajstić information content (AvgIpc) is 2.16. The molecule has 0 heterocycles. The highest BCUT2D eigenvalue weighted by atomic mass is 19.1. The van der Waals surface area contributed by atoms with Crippen LogP contribution >= 0.6 is 0 Å². The van der Waals surface area contributed by atoms with Crippen LogP contribution in [0.15, 0.2) is 18.2 Å². The molecule has 0 aromatic heterocycles. The van der Waals surface area contributed by atoms with Crippen molar-refractivity contribution in [3.63, 3.8) is 0 Å². The third-order valence-corrected chi connectivity index (χ3v) is 2.01. The Hall–Kier alpha value is -1.13. The van der Waals surface area contributed by atoms with Gasteiger partial charge in [0, 0.05) is 11.6 Å². The maximum absolute atomic E-state index is 12.9. The van der Waals surface area contributed by atoms with E-state index in [4.69, 9.17) is 10.5 Å². The van der Waals surface area contributed by atoms with Crippen molar-refractivity contribution in [3.05, 3.63) is 29.6 Å². The second-order valence-electron chi connectivity index (χ2n) is 3.19. The molecule has 0 saturated carbocycles. The molecule has 0 saturated heterocycles.